The maximum Gasteiger partial charge on any atom is 0.251 e. The van der Waals surface area contributed by atoms with Crippen molar-refractivity contribution in [1.29, 1.82) is 0 Å². The molecule has 0 radical (unpaired) electrons. The standard InChI is InChI=1S/C33H41F2N3O2/c1-6-25-8-7-9-26(16-25)21-36-11-10-32(24(3)28-18-30(34)20-31(35)19-28)37-33(39)29-15-23(2)14-27(17-29)22-38(4)12-13-40-5/h7-9,14-20,32,36H,3,6,10-13,21-22H2,1-2,4-5H3,(H,37,39)/t32-/m1/s1. The Bertz CT molecular complexity index is 1270. The number of halogens is 2. The summed E-state index contributed by atoms with van der Waals surface area (Å²) >= 11 is 0. The fourth-order valence-corrected chi connectivity index (χ4v) is 4.68. The first kappa shape index (κ1) is 31.1. The molecule has 0 aliphatic carbocycles. The normalized spacial score (nSPS) is 12.0. The number of benzene rings is 3. The summed E-state index contributed by atoms with van der Waals surface area (Å²) in [6.45, 7) is 11.5. The van der Waals surface area contributed by atoms with Crippen LogP contribution in [0.5, 0.6) is 0 Å². The van der Waals surface area contributed by atoms with Crippen molar-refractivity contribution in [3.63, 3.8) is 0 Å². The molecule has 0 aromatic heterocycles. The molecule has 40 heavy (non-hydrogen) atoms. The first-order chi connectivity index (χ1) is 19.2. The van der Waals surface area contributed by atoms with E-state index in [0.29, 0.717) is 49.4 Å². The molecule has 3 aromatic rings. The van der Waals surface area contributed by atoms with Crippen LogP contribution in [0.1, 0.15) is 51.5 Å². The largest absolute Gasteiger partial charge is 0.383 e. The summed E-state index contributed by atoms with van der Waals surface area (Å²) in [6.07, 6.45) is 1.46. The van der Waals surface area contributed by atoms with Gasteiger partial charge in [-0.1, -0.05) is 49.4 Å². The van der Waals surface area contributed by atoms with E-state index < -0.39 is 17.7 Å². The molecule has 3 aromatic carbocycles. The van der Waals surface area contributed by atoms with E-state index in [1.807, 2.05) is 32.2 Å². The minimum Gasteiger partial charge on any atom is -0.383 e. The molecule has 214 valence electrons. The zero-order valence-electron chi connectivity index (χ0n) is 24.0. The predicted octanol–water partition coefficient (Wildman–Crippen LogP) is 5.91. The topological polar surface area (TPSA) is 53.6 Å². The van der Waals surface area contributed by atoms with Crippen LogP contribution in [0.25, 0.3) is 5.57 Å². The number of nitrogens with zero attached hydrogens (tertiary/aromatic N) is 1. The number of carbonyl (C=O) groups excluding carboxylic acids is 1. The Morgan fingerprint density at radius 3 is 2.42 bits per heavy atom. The van der Waals surface area contributed by atoms with Crippen molar-refractivity contribution in [2.45, 2.75) is 45.8 Å². The summed E-state index contributed by atoms with van der Waals surface area (Å²) in [5.41, 5.74) is 5.74. The average Bonchev–Trinajstić information content (AvgIpc) is 2.92. The van der Waals surface area contributed by atoms with Gasteiger partial charge in [0.15, 0.2) is 0 Å². The lowest BCUT2D eigenvalue weighted by Crippen LogP contribution is -2.38. The van der Waals surface area contributed by atoms with E-state index in [1.54, 1.807) is 7.11 Å². The van der Waals surface area contributed by atoms with Crippen LogP contribution in [0.2, 0.25) is 0 Å². The SMILES string of the molecule is C=C(c1cc(F)cc(F)c1)[C@@H](CCNCc1cccc(CC)c1)NC(=O)c1cc(C)cc(CN(C)CCOC)c1. The Labute approximate surface area is 237 Å². The van der Waals surface area contributed by atoms with Gasteiger partial charge in [0.25, 0.3) is 5.91 Å². The molecule has 3 rings (SSSR count). The van der Waals surface area contributed by atoms with Crippen LogP contribution in [-0.4, -0.2) is 50.7 Å². The van der Waals surface area contributed by atoms with Gasteiger partial charge in [-0.2, -0.15) is 0 Å². The summed E-state index contributed by atoms with van der Waals surface area (Å²) in [4.78, 5) is 15.6. The molecule has 1 amide bonds. The summed E-state index contributed by atoms with van der Waals surface area (Å²) in [6, 6.07) is 17.0. The van der Waals surface area contributed by atoms with Crippen molar-refractivity contribution in [2.75, 3.05) is 33.9 Å². The lowest BCUT2D eigenvalue weighted by Gasteiger charge is -2.23. The van der Waals surface area contributed by atoms with E-state index in [-0.39, 0.29) is 5.91 Å². The third kappa shape index (κ3) is 9.66. The van der Waals surface area contributed by atoms with Crippen LogP contribution in [0.15, 0.2) is 67.2 Å². The monoisotopic (exact) mass is 549 g/mol. The van der Waals surface area contributed by atoms with E-state index in [9.17, 15) is 13.6 Å². The summed E-state index contributed by atoms with van der Waals surface area (Å²) in [5, 5.41) is 6.50. The van der Waals surface area contributed by atoms with Crippen molar-refractivity contribution in [2.24, 2.45) is 0 Å². The molecule has 1 atom stereocenters. The molecule has 0 saturated carbocycles. The van der Waals surface area contributed by atoms with Crippen molar-refractivity contribution in [1.82, 2.24) is 15.5 Å². The second-order valence-corrected chi connectivity index (χ2v) is 10.3. The smallest absolute Gasteiger partial charge is 0.251 e. The summed E-state index contributed by atoms with van der Waals surface area (Å²) in [7, 11) is 3.68. The third-order valence-electron chi connectivity index (χ3n) is 6.83. The highest BCUT2D eigenvalue weighted by molar-refractivity contribution is 5.96. The van der Waals surface area contributed by atoms with E-state index >= 15 is 0 Å². The van der Waals surface area contributed by atoms with Gasteiger partial charge in [0.05, 0.1) is 12.6 Å². The summed E-state index contributed by atoms with van der Waals surface area (Å²) < 4.78 is 33.2. The Morgan fingerprint density at radius 1 is 1.00 bits per heavy atom. The predicted molar refractivity (Wildman–Crippen MR) is 158 cm³/mol. The van der Waals surface area contributed by atoms with Gasteiger partial charge in [-0.3, -0.25) is 9.69 Å². The Balaban J connectivity index is 1.75. The molecule has 0 fully saturated rings. The number of rotatable bonds is 15. The van der Waals surface area contributed by atoms with Gasteiger partial charge in [-0.15, -0.1) is 0 Å². The van der Waals surface area contributed by atoms with E-state index in [1.165, 1.54) is 23.3 Å². The maximum atomic E-state index is 14.0. The Hall–Kier alpha value is -3.39. The van der Waals surface area contributed by atoms with Crippen LogP contribution in [0.3, 0.4) is 0 Å². The number of nitrogens with one attached hydrogen (secondary N) is 2. The molecule has 5 nitrogen and oxygen atoms in total. The number of amides is 1. The van der Waals surface area contributed by atoms with Crippen LogP contribution < -0.4 is 10.6 Å². The van der Waals surface area contributed by atoms with Crippen LogP contribution in [0.4, 0.5) is 8.78 Å². The number of aryl methyl sites for hydroxylation is 2. The van der Waals surface area contributed by atoms with Crippen LogP contribution >= 0.6 is 0 Å². The zero-order chi connectivity index (χ0) is 29.1. The minimum atomic E-state index is -0.684. The highest BCUT2D eigenvalue weighted by Gasteiger charge is 2.20. The average molecular weight is 550 g/mol. The second kappa shape index (κ2) is 15.4. The summed E-state index contributed by atoms with van der Waals surface area (Å²) in [5.74, 6) is -1.63. The van der Waals surface area contributed by atoms with E-state index in [4.69, 9.17) is 4.74 Å². The fraction of sp³-hybridized carbons (Fsp3) is 0.364. The number of methoxy groups -OCH3 is 1. The fourth-order valence-electron chi connectivity index (χ4n) is 4.68. The third-order valence-corrected chi connectivity index (χ3v) is 6.83. The van der Waals surface area contributed by atoms with Crippen molar-refractivity contribution in [3.8, 4) is 0 Å². The van der Waals surface area contributed by atoms with E-state index in [0.717, 1.165) is 30.2 Å². The number of hydrogen-bond acceptors (Lipinski definition) is 4. The van der Waals surface area contributed by atoms with Gasteiger partial charge in [-0.05, 0) is 85.5 Å². The molecule has 2 N–H and O–H groups in total. The van der Waals surface area contributed by atoms with Crippen LogP contribution in [0, 0.1) is 18.6 Å². The lowest BCUT2D eigenvalue weighted by molar-refractivity contribution is 0.0944. The minimum absolute atomic E-state index is 0.261. The molecule has 7 heteroatoms. The number of carbonyl (C=O) groups is 1. The lowest BCUT2D eigenvalue weighted by atomic mass is 9.96. The zero-order valence-corrected chi connectivity index (χ0v) is 24.0. The van der Waals surface area contributed by atoms with Gasteiger partial charge in [0.1, 0.15) is 11.6 Å². The van der Waals surface area contributed by atoms with Gasteiger partial charge in [0, 0.05) is 38.4 Å². The van der Waals surface area contributed by atoms with Gasteiger partial charge < -0.3 is 15.4 Å². The molecule has 0 bridgehead atoms. The van der Waals surface area contributed by atoms with Crippen molar-refractivity contribution >= 4 is 11.5 Å². The highest BCUT2D eigenvalue weighted by Crippen LogP contribution is 2.22. The first-order valence-corrected chi connectivity index (χ1v) is 13.7. The van der Waals surface area contributed by atoms with Gasteiger partial charge >= 0.3 is 0 Å². The van der Waals surface area contributed by atoms with Crippen molar-refractivity contribution in [3.05, 3.63) is 112 Å². The quantitative estimate of drug-likeness (QED) is 0.232. The van der Waals surface area contributed by atoms with Crippen LogP contribution in [-0.2, 0) is 24.2 Å². The Kier molecular flexibility index (Phi) is 12.0. The Morgan fingerprint density at radius 2 is 1.73 bits per heavy atom. The highest BCUT2D eigenvalue weighted by atomic mass is 19.1. The number of ether oxygens (including phenoxy) is 1. The molecule has 0 spiro atoms. The molecular formula is C33H41F2N3O2. The first-order valence-electron chi connectivity index (χ1n) is 13.7. The maximum absolute atomic E-state index is 14.0. The molecule has 0 heterocycles. The van der Waals surface area contributed by atoms with Gasteiger partial charge in [0.2, 0.25) is 0 Å². The molecule has 0 aliphatic rings. The molecule has 0 saturated heterocycles. The number of hydrogen-bond donors (Lipinski definition) is 2. The molecular weight excluding hydrogens is 508 g/mol. The number of likely N-dealkylation sites (N-methyl/N-ethyl adjacent to an activating group) is 1. The van der Waals surface area contributed by atoms with Gasteiger partial charge in [-0.25, -0.2) is 8.78 Å². The van der Waals surface area contributed by atoms with E-state index in [2.05, 4.69) is 53.3 Å². The molecule has 0 aliphatic heterocycles. The molecule has 0 unspecified atom stereocenters. The second-order valence-electron chi connectivity index (χ2n) is 10.3. The van der Waals surface area contributed by atoms with Crippen molar-refractivity contribution < 1.29 is 18.3 Å².